The Hall–Kier alpha value is -1.21. The number of rotatable bonds is 4. The maximum absolute atomic E-state index is 4.40. The van der Waals surface area contributed by atoms with Gasteiger partial charge in [-0.15, -0.1) is 0 Å². The van der Waals surface area contributed by atoms with Gasteiger partial charge in [0.2, 0.25) is 5.95 Å². The van der Waals surface area contributed by atoms with E-state index in [1.165, 1.54) is 11.8 Å². The summed E-state index contributed by atoms with van der Waals surface area (Å²) in [6.07, 6.45) is 3.47. The molecule has 0 bridgehead atoms. The lowest BCUT2D eigenvalue weighted by atomic mass is 10.5. The largest absolute Gasteiger partial charge is 0.354 e. The molecule has 0 unspecified atom stereocenters. The van der Waals surface area contributed by atoms with Crippen molar-refractivity contribution in [2.45, 2.75) is 24.0 Å². The van der Waals surface area contributed by atoms with Crippen LogP contribution < -0.4 is 5.32 Å². The number of aryl methyl sites for hydroxylation is 1. The van der Waals surface area contributed by atoms with Crippen molar-refractivity contribution in [1.29, 1.82) is 0 Å². The Morgan fingerprint density at radius 1 is 1.33 bits per heavy atom. The average Bonchev–Trinajstić information content (AvgIpc) is 2.34. The monoisotopic (exact) mass is 325 g/mol. The number of nitrogens with one attached hydrogen (secondary N) is 1. The molecule has 2 rings (SSSR count). The smallest absolute Gasteiger partial charge is 0.223 e. The van der Waals surface area contributed by atoms with Crippen molar-refractivity contribution < 1.29 is 0 Å². The molecule has 2 aromatic rings. The molecule has 0 aliphatic heterocycles. The molecule has 1 N–H and O–H groups in total. The molecule has 2 heterocycles. The normalized spacial score (nSPS) is 10.4. The fourth-order valence-corrected chi connectivity index (χ4v) is 2.42. The van der Waals surface area contributed by atoms with Gasteiger partial charge in [-0.05, 0) is 47.6 Å². The molecule has 0 amide bonds. The summed E-state index contributed by atoms with van der Waals surface area (Å²) in [5.41, 5.74) is 0.935. The van der Waals surface area contributed by atoms with E-state index in [1.807, 2.05) is 19.9 Å². The van der Waals surface area contributed by atoms with Crippen LogP contribution in [-0.2, 0) is 0 Å². The zero-order valence-electron chi connectivity index (χ0n) is 10.0. The summed E-state index contributed by atoms with van der Waals surface area (Å²) in [5.74, 6) is 0.607. The number of halogens is 1. The van der Waals surface area contributed by atoms with Crippen LogP contribution in [0.4, 0.5) is 5.95 Å². The highest BCUT2D eigenvalue weighted by atomic mass is 79.9. The van der Waals surface area contributed by atoms with E-state index in [0.717, 1.165) is 21.7 Å². The SMILES string of the molecule is CCNc1ncc(Br)c(Sc2nccc(C)n2)n1. The number of anilines is 1. The first-order valence-electron chi connectivity index (χ1n) is 5.43. The Morgan fingerprint density at radius 2 is 2.17 bits per heavy atom. The van der Waals surface area contributed by atoms with Gasteiger partial charge >= 0.3 is 0 Å². The molecule has 94 valence electrons. The molecule has 0 fully saturated rings. The summed E-state index contributed by atoms with van der Waals surface area (Å²) in [6.45, 7) is 4.72. The summed E-state index contributed by atoms with van der Waals surface area (Å²) in [6, 6.07) is 1.86. The molecular weight excluding hydrogens is 314 g/mol. The van der Waals surface area contributed by atoms with Gasteiger partial charge in [-0.1, -0.05) is 0 Å². The van der Waals surface area contributed by atoms with Crippen LogP contribution in [0.5, 0.6) is 0 Å². The lowest BCUT2D eigenvalue weighted by molar-refractivity contribution is 0.922. The minimum atomic E-state index is 0.607. The summed E-state index contributed by atoms with van der Waals surface area (Å²) >= 11 is 4.84. The lowest BCUT2D eigenvalue weighted by Gasteiger charge is -2.05. The Morgan fingerprint density at radius 3 is 2.89 bits per heavy atom. The van der Waals surface area contributed by atoms with Crippen LogP contribution in [-0.4, -0.2) is 26.5 Å². The fourth-order valence-electron chi connectivity index (χ4n) is 1.23. The van der Waals surface area contributed by atoms with Crippen LogP contribution in [0.2, 0.25) is 0 Å². The molecule has 5 nitrogen and oxygen atoms in total. The van der Waals surface area contributed by atoms with Crippen LogP contribution in [0, 0.1) is 6.92 Å². The molecular formula is C11H12BrN5S. The highest BCUT2D eigenvalue weighted by Gasteiger charge is 2.08. The third-order valence-corrected chi connectivity index (χ3v) is 3.73. The molecule has 0 spiro atoms. The summed E-state index contributed by atoms with van der Waals surface area (Å²) in [7, 11) is 0. The van der Waals surface area contributed by atoms with E-state index in [2.05, 4.69) is 41.2 Å². The van der Waals surface area contributed by atoms with Crippen LogP contribution >= 0.6 is 27.7 Å². The van der Waals surface area contributed by atoms with Gasteiger partial charge in [-0.25, -0.2) is 19.9 Å². The van der Waals surface area contributed by atoms with E-state index in [0.29, 0.717) is 11.1 Å². The van der Waals surface area contributed by atoms with Crippen LogP contribution in [0.1, 0.15) is 12.6 Å². The highest BCUT2D eigenvalue weighted by molar-refractivity contribution is 9.10. The van der Waals surface area contributed by atoms with Crippen molar-refractivity contribution >= 4 is 33.6 Å². The van der Waals surface area contributed by atoms with Gasteiger partial charge in [-0.2, -0.15) is 0 Å². The van der Waals surface area contributed by atoms with Crippen LogP contribution in [0.3, 0.4) is 0 Å². The molecule has 0 saturated heterocycles. The molecule has 0 aliphatic carbocycles. The predicted molar refractivity (Wildman–Crippen MR) is 74.8 cm³/mol. The van der Waals surface area contributed by atoms with Gasteiger partial charge < -0.3 is 5.32 Å². The molecule has 2 aromatic heterocycles. The minimum Gasteiger partial charge on any atom is -0.354 e. The lowest BCUT2D eigenvalue weighted by Crippen LogP contribution is -2.02. The zero-order valence-corrected chi connectivity index (χ0v) is 12.4. The summed E-state index contributed by atoms with van der Waals surface area (Å²) in [5, 5.41) is 4.55. The summed E-state index contributed by atoms with van der Waals surface area (Å²) < 4.78 is 0.833. The minimum absolute atomic E-state index is 0.607. The second kappa shape index (κ2) is 6.10. The van der Waals surface area contributed by atoms with Crippen molar-refractivity contribution in [3.05, 3.63) is 28.6 Å². The summed E-state index contributed by atoms with van der Waals surface area (Å²) in [4.78, 5) is 17.1. The Labute approximate surface area is 118 Å². The second-order valence-corrected chi connectivity index (χ2v) is 5.27. The number of hydrogen-bond acceptors (Lipinski definition) is 6. The quantitative estimate of drug-likeness (QED) is 0.688. The van der Waals surface area contributed by atoms with E-state index in [-0.39, 0.29) is 0 Å². The van der Waals surface area contributed by atoms with Gasteiger partial charge in [0, 0.05) is 24.6 Å². The zero-order chi connectivity index (χ0) is 13.0. The average molecular weight is 326 g/mol. The third-order valence-electron chi connectivity index (χ3n) is 2.01. The van der Waals surface area contributed by atoms with Gasteiger partial charge in [-0.3, -0.25) is 0 Å². The van der Waals surface area contributed by atoms with Gasteiger partial charge in [0.25, 0.3) is 0 Å². The number of hydrogen-bond donors (Lipinski definition) is 1. The van der Waals surface area contributed by atoms with Crippen LogP contribution in [0.15, 0.2) is 33.1 Å². The van der Waals surface area contributed by atoms with Gasteiger partial charge in [0.05, 0.1) is 4.47 Å². The Balaban J connectivity index is 2.25. The highest BCUT2D eigenvalue weighted by Crippen LogP contribution is 2.29. The standard InChI is InChI=1S/C11H12BrN5S/c1-3-13-10-15-6-8(12)9(17-10)18-11-14-5-4-7(2)16-11/h4-6H,3H2,1-2H3,(H,13,15,17). The first kappa shape index (κ1) is 13.2. The number of aromatic nitrogens is 4. The van der Waals surface area contributed by atoms with Crippen molar-refractivity contribution in [2.75, 3.05) is 11.9 Å². The van der Waals surface area contributed by atoms with Gasteiger partial charge in [0.1, 0.15) is 5.03 Å². The Bertz CT molecular complexity index is 549. The molecule has 0 saturated carbocycles. The van der Waals surface area contributed by atoms with E-state index in [4.69, 9.17) is 0 Å². The number of nitrogens with zero attached hydrogens (tertiary/aromatic N) is 4. The van der Waals surface area contributed by atoms with E-state index < -0.39 is 0 Å². The second-order valence-electron chi connectivity index (χ2n) is 3.46. The van der Waals surface area contributed by atoms with Gasteiger partial charge in [0.15, 0.2) is 5.16 Å². The molecule has 7 heteroatoms. The van der Waals surface area contributed by atoms with Crippen molar-refractivity contribution in [2.24, 2.45) is 0 Å². The van der Waals surface area contributed by atoms with E-state index in [9.17, 15) is 0 Å². The van der Waals surface area contributed by atoms with Crippen molar-refractivity contribution in [3.63, 3.8) is 0 Å². The predicted octanol–water partition coefficient (Wildman–Crippen LogP) is 2.92. The van der Waals surface area contributed by atoms with Crippen LogP contribution in [0.25, 0.3) is 0 Å². The molecule has 0 radical (unpaired) electrons. The maximum Gasteiger partial charge on any atom is 0.223 e. The van der Waals surface area contributed by atoms with Crippen molar-refractivity contribution in [3.8, 4) is 0 Å². The molecule has 18 heavy (non-hydrogen) atoms. The van der Waals surface area contributed by atoms with Crippen molar-refractivity contribution in [1.82, 2.24) is 19.9 Å². The molecule has 0 aliphatic rings. The third kappa shape index (κ3) is 3.39. The maximum atomic E-state index is 4.40. The van der Waals surface area contributed by atoms with E-state index in [1.54, 1.807) is 12.4 Å². The fraction of sp³-hybridized carbons (Fsp3) is 0.273. The first-order valence-corrected chi connectivity index (χ1v) is 7.04. The molecule has 0 aromatic carbocycles. The Kier molecular flexibility index (Phi) is 4.48. The topological polar surface area (TPSA) is 63.6 Å². The molecule has 0 atom stereocenters. The van der Waals surface area contributed by atoms with E-state index >= 15 is 0 Å². The first-order chi connectivity index (χ1) is 8.69.